The Kier molecular flexibility index (Phi) is 5.25. The van der Waals surface area contributed by atoms with Crippen LogP contribution in [0.1, 0.15) is 13.3 Å². The fraction of sp³-hybridized carbons (Fsp3) is 0.300. The van der Waals surface area contributed by atoms with Crippen LogP contribution in [0.3, 0.4) is 0 Å². The van der Waals surface area contributed by atoms with Crippen molar-refractivity contribution >= 4 is 40.8 Å². The topological polar surface area (TPSA) is 58.6 Å². The van der Waals surface area contributed by atoms with Gasteiger partial charge in [0.1, 0.15) is 0 Å². The third-order valence-electron chi connectivity index (χ3n) is 1.98. The maximum Gasteiger partial charge on any atom is 0.152 e. The number of rotatable bonds is 4. The molecule has 0 spiro atoms. The third-order valence-corrected chi connectivity index (χ3v) is 4.11. The highest BCUT2D eigenvalue weighted by molar-refractivity contribution is 8.00. The maximum absolute atomic E-state index is 8.63. The molecule has 3 nitrogen and oxygen atoms in total. The van der Waals surface area contributed by atoms with Crippen LogP contribution in [0.2, 0.25) is 10.0 Å². The van der Waals surface area contributed by atoms with Crippen molar-refractivity contribution in [3.63, 3.8) is 0 Å². The third kappa shape index (κ3) is 3.47. The van der Waals surface area contributed by atoms with Gasteiger partial charge in [0, 0.05) is 9.92 Å². The molecule has 0 radical (unpaired) electrons. The van der Waals surface area contributed by atoms with Gasteiger partial charge in [0.15, 0.2) is 5.84 Å². The minimum absolute atomic E-state index is 0.110. The number of nitrogens with zero attached hydrogens (tertiary/aromatic N) is 1. The van der Waals surface area contributed by atoms with Gasteiger partial charge in [0.25, 0.3) is 0 Å². The molecule has 0 aliphatic rings. The first-order chi connectivity index (χ1) is 7.58. The first kappa shape index (κ1) is 13.5. The molecule has 6 heteroatoms. The Balaban J connectivity index is 2.89. The van der Waals surface area contributed by atoms with Crippen LogP contribution in [0.25, 0.3) is 0 Å². The summed E-state index contributed by atoms with van der Waals surface area (Å²) in [7, 11) is 0. The summed E-state index contributed by atoms with van der Waals surface area (Å²) in [5.74, 6) is 0.184. The standard InChI is InChI=1S/C10H12Cl2N2OS/c1-2-8(10(13)14-15)16-9-5-6(11)3-4-7(9)12/h3-5,8,15H,2H2,1H3,(H2,13,14). The number of nitrogens with two attached hydrogens (primary N) is 1. The molecule has 0 saturated carbocycles. The van der Waals surface area contributed by atoms with Crippen molar-refractivity contribution in [3.05, 3.63) is 28.2 Å². The number of thioether (sulfide) groups is 1. The van der Waals surface area contributed by atoms with Gasteiger partial charge in [-0.1, -0.05) is 35.3 Å². The minimum Gasteiger partial charge on any atom is -0.409 e. The van der Waals surface area contributed by atoms with E-state index in [1.807, 2.05) is 6.92 Å². The predicted molar refractivity (Wildman–Crippen MR) is 69.8 cm³/mol. The normalized spacial score (nSPS) is 13.8. The van der Waals surface area contributed by atoms with Crippen molar-refractivity contribution in [1.29, 1.82) is 0 Å². The lowest BCUT2D eigenvalue weighted by atomic mass is 10.3. The molecule has 1 aromatic carbocycles. The van der Waals surface area contributed by atoms with Crippen LogP contribution in [0.5, 0.6) is 0 Å². The quantitative estimate of drug-likeness (QED) is 0.291. The van der Waals surface area contributed by atoms with Crippen LogP contribution >= 0.6 is 35.0 Å². The molecule has 0 heterocycles. The van der Waals surface area contributed by atoms with Gasteiger partial charge in [0.05, 0.1) is 10.3 Å². The zero-order chi connectivity index (χ0) is 12.1. The van der Waals surface area contributed by atoms with Gasteiger partial charge >= 0.3 is 0 Å². The molecule has 1 unspecified atom stereocenters. The van der Waals surface area contributed by atoms with Crippen molar-refractivity contribution < 1.29 is 5.21 Å². The lowest BCUT2D eigenvalue weighted by Crippen LogP contribution is -2.25. The first-order valence-electron chi connectivity index (χ1n) is 4.67. The van der Waals surface area contributed by atoms with E-state index in [9.17, 15) is 0 Å². The molecule has 1 rings (SSSR count). The maximum atomic E-state index is 8.63. The van der Waals surface area contributed by atoms with Crippen LogP contribution in [-0.4, -0.2) is 16.3 Å². The SMILES string of the molecule is CCC(Sc1cc(Cl)ccc1Cl)C(N)=NO. The summed E-state index contributed by atoms with van der Waals surface area (Å²) in [5, 5.41) is 12.7. The highest BCUT2D eigenvalue weighted by Gasteiger charge is 2.15. The van der Waals surface area contributed by atoms with E-state index < -0.39 is 0 Å². The van der Waals surface area contributed by atoms with Crippen LogP contribution in [-0.2, 0) is 0 Å². The van der Waals surface area contributed by atoms with Gasteiger partial charge in [-0.15, -0.1) is 11.8 Å². The molecule has 88 valence electrons. The van der Waals surface area contributed by atoms with Crippen LogP contribution in [0.4, 0.5) is 0 Å². The van der Waals surface area contributed by atoms with E-state index in [1.165, 1.54) is 11.8 Å². The summed E-state index contributed by atoms with van der Waals surface area (Å²) in [4.78, 5) is 0.826. The van der Waals surface area contributed by atoms with Crippen molar-refractivity contribution in [2.24, 2.45) is 10.9 Å². The van der Waals surface area contributed by atoms with E-state index in [0.717, 1.165) is 11.3 Å². The lowest BCUT2D eigenvalue weighted by molar-refractivity contribution is 0.317. The Morgan fingerprint density at radius 1 is 1.56 bits per heavy atom. The van der Waals surface area contributed by atoms with Crippen molar-refractivity contribution in [2.45, 2.75) is 23.5 Å². The van der Waals surface area contributed by atoms with Gasteiger partial charge in [-0.05, 0) is 24.6 Å². The minimum atomic E-state index is -0.110. The summed E-state index contributed by atoms with van der Waals surface area (Å²) < 4.78 is 0. The molecule has 0 amide bonds. The average molecular weight is 279 g/mol. The highest BCUT2D eigenvalue weighted by Crippen LogP contribution is 2.33. The zero-order valence-corrected chi connectivity index (χ0v) is 11.0. The van der Waals surface area contributed by atoms with Crippen molar-refractivity contribution in [3.8, 4) is 0 Å². The van der Waals surface area contributed by atoms with E-state index in [0.29, 0.717) is 10.0 Å². The van der Waals surface area contributed by atoms with Gasteiger partial charge in [-0.3, -0.25) is 0 Å². The molecule has 3 N–H and O–H groups in total. The fourth-order valence-corrected chi connectivity index (χ4v) is 2.64. The molecule has 0 aliphatic carbocycles. The van der Waals surface area contributed by atoms with Crippen LogP contribution in [0.15, 0.2) is 28.3 Å². The van der Waals surface area contributed by atoms with Crippen LogP contribution in [0, 0.1) is 0 Å². The second-order valence-electron chi connectivity index (χ2n) is 3.11. The predicted octanol–water partition coefficient (Wildman–Crippen LogP) is 3.61. The number of benzene rings is 1. The van der Waals surface area contributed by atoms with Gasteiger partial charge in [-0.25, -0.2) is 0 Å². The van der Waals surface area contributed by atoms with E-state index in [4.69, 9.17) is 34.1 Å². The molecule has 0 fully saturated rings. The fourth-order valence-electron chi connectivity index (χ4n) is 1.14. The summed E-state index contributed by atoms with van der Waals surface area (Å²) in [6, 6.07) is 5.21. The molecule has 0 aromatic heterocycles. The number of hydrogen-bond acceptors (Lipinski definition) is 3. The largest absolute Gasteiger partial charge is 0.409 e. The number of halogens is 2. The second kappa shape index (κ2) is 6.23. The summed E-state index contributed by atoms with van der Waals surface area (Å²) >= 11 is 13.3. The van der Waals surface area contributed by atoms with Crippen LogP contribution < -0.4 is 5.73 Å². The monoisotopic (exact) mass is 278 g/mol. The zero-order valence-electron chi connectivity index (χ0n) is 8.65. The molecule has 1 aromatic rings. The Labute approximate surface area is 109 Å². The average Bonchev–Trinajstić information content (AvgIpc) is 2.29. The van der Waals surface area contributed by atoms with E-state index in [1.54, 1.807) is 18.2 Å². The molecular formula is C10H12Cl2N2OS. The summed E-state index contributed by atoms with van der Waals surface area (Å²) in [6.07, 6.45) is 0.739. The first-order valence-corrected chi connectivity index (χ1v) is 6.31. The Bertz CT molecular complexity index is 398. The summed E-state index contributed by atoms with van der Waals surface area (Å²) in [5.41, 5.74) is 5.57. The van der Waals surface area contributed by atoms with Gasteiger partial charge in [0.2, 0.25) is 0 Å². The molecule has 0 bridgehead atoms. The van der Waals surface area contributed by atoms with Gasteiger partial charge in [-0.2, -0.15) is 0 Å². The molecule has 0 aliphatic heterocycles. The molecule has 1 atom stereocenters. The Hall–Kier alpha value is -0.580. The number of amidine groups is 1. The Morgan fingerprint density at radius 2 is 2.25 bits per heavy atom. The number of hydrogen-bond donors (Lipinski definition) is 2. The van der Waals surface area contributed by atoms with E-state index in [-0.39, 0.29) is 11.1 Å². The van der Waals surface area contributed by atoms with Crippen molar-refractivity contribution in [1.82, 2.24) is 0 Å². The van der Waals surface area contributed by atoms with Crippen molar-refractivity contribution in [2.75, 3.05) is 0 Å². The van der Waals surface area contributed by atoms with Gasteiger partial charge < -0.3 is 10.9 Å². The second-order valence-corrected chi connectivity index (χ2v) is 5.20. The number of oxime groups is 1. The summed E-state index contributed by atoms with van der Waals surface area (Å²) in [6.45, 7) is 1.95. The highest BCUT2D eigenvalue weighted by atomic mass is 35.5. The van der Waals surface area contributed by atoms with E-state index >= 15 is 0 Å². The van der Waals surface area contributed by atoms with E-state index in [2.05, 4.69) is 5.16 Å². The smallest absolute Gasteiger partial charge is 0.152 e. The molecule has 0 saturated heterocycles. The Morgan fingerprint density at radius 3 is 2.81 bits per heavy atom. The molecular weight excluding hydrogens is 267 g/mol. The lowest BCUT2D eigenvalue weighted by Gasteiger charge is -2.13. The molecule has 16 heavy (non-hydrogen) atoms.